The Hall–Kier alpha value is -2.56. The molecule has 2 N–H and O–H groups in total. The molecule has 0 bridgehead atoms. The number of guanidine groups is 1. The first-order chi connectivity index (χ1) is 15.6. The molecule has 1 amide bonds. The molecular formula is C24H34IN5O3. The lowest BCUT2D eigenvalue weighted by Gasteiger charge is -2.32. The highest BCUT2D eigenvalue weighted by molar-refractivity contribution is 14.0. The summed E-state index contributed by atoms with van der Waals surface area (Å²) in [5.74, 6) is 0.780. The Kier molecular flexibility index (Phi) is 11.2. The summed E-state index contributed by atoms with van der Waals surface area (Å²) in [6.45, 7) is 7.52. The molecular weight excluding hydrogens is 533 g/mol. The molecule has 0 saturated carbocycles. The van der Waals surface area contributed by atoms with Gasteiger partial charge in [0.25, 0.3) is 5.56 Å². The zero-order valence-corrected chi connectivity index (χ0v) is 21.7. The lowest BCUT2D eigenvalue weighted by molar-refractivity contribution is 0.0963. The van der Waals surface area contributed by atoms with Crippen LogP contribution in [0.25, 0.3) is 0 Å². The molecule has 1 aromatic carbocycles. The monoisotopic (exact) mass is 567 g/mol. The fraction of sp³-hybridized carbons (Fsp3) is 0.458. The van der Waals surface area contributed by atoms with Gasteiger partial charge in [0.2, 0.25) is 0 Å². The summed E-state index contributed by atoms with van der Waals surface area (Å²) in [5, 5.41) is 6.79. The number of aromatic nitrogens is 1. The number of aliphatic imine (C=N–C) groups is 1. The number of carbonyl (C=O) groups is 1. The lowest BCUT2D eigenvalue weighted by Crippen LogP contribution is -2.49. The van der Waals surface area contributed by atoms with Crippen LogP contribution in [0.5, 0.6) is 0 Å². The number of rotatable bonds is 7. The number of pyridine rings is 1. The molecule has 2 aromatic rings. The van der Waals surface area contributed by atoms with Crippen molar-refractivity contribution in [3.8, 4) is 0 Å². The molecule has 0 radical (unpaired) electrons. The highest BCUT2D eigenvalue weighted by Gasteiger charge is 2.24. The molecule has 1 fully saturated rings. The first-order valence-corrected chi connectivity index (χ1v) is 11.3. The smallest absolute Gasteiger partial charge is 0.409 e. The van der Waals surface area contributed by atoms with E-state index in [4.69, 9.17) is 9.73 Å². The van der Waals surface area contributed by atoms with E-state index in [-0.39, 0.29) is 41.7 Å². The van der Waals surface area contributed by atoms with Gasteiger partial charge in [-0.2, -0.15) is 0 Å². The van der Waals surface area contributed by atoms with Crippen LogP contribution in [0, 0.1) is 0 Å². The first kappa shape index (κ1) is 26.7. The molecule has 2 heterocycles. The largest absolute Gasteiger partial charge is 0.450 e. The Morgan fingerprint density at radius 3 is 2.42 bits per heavy atom. The Morgan fingerprint density at radius 2 is 1.79 bits per heavy atom. The number of hydrogen-bond acceptors (Lipinski definition) is 4. The van der Waals surface area contributed by atoms with E-state index < -0.39 is 0 Å². The number of nitrogens with one attached hydrogen (secondary N) is 2. The third-order valence-electron chi connectivity index (χ3n) is 5.40. The van der Waals surface area contributed by atoms with Crippen LogP contribution in [0.4, 0.5) is 4.79 Å². The molecule has 33 heavy (non-hydrogen) atoms. The van der Waals surface area contributed by atoms with E-state index in [9.17, 15) is 9.59 Å². The molecule has 1 aliphatic heterocycles. The van der Waals surface area contributed by atoms with E-state index in [1.807, 2.05) is 44.2 Å². The number of likely N-dealkylation sites (tertiary alicyclic amines) is 1. The van der Waals surface area contributed by atoms with Crippen LogP contribution in [0.3, 0.4) is 0 Å². The average Bonchev–Trinajstić information content (AvgIpc) is 2.81. The highest BCUT2D eigenvalue weighted by Crippen LogP contribution is 2.12. The molecule has 0 spiro atoms. The van der Waals surface area contributed by atoms with Crippen molar-refractivity contribution in [1.82, 2.24) is 20.1 Å². The van der Waals surface area contributed by atoms with Gasteiger partial charge < -0.3 is 24.8 Å². The zero-order chi connectivity index (χ0) is 22.8. The Labute approximate surface area is 212 Å². The predicted octanol–water partition coefficient (Wildman–Crippen LogP) is 3.19. The van der Waals surface area contributed by atoms with Crippen LogP contribution in [0.15, 0.2) is 58.4 Å². The third-order valence-corrected chi connectivity index (χ3v) is 5.40. The Morgan fingerprint density at radius 1 is 1.09 bits per heavy atom. The summed E-state index contributed by atoms with van der Waals surface area (Å²) in [5.41, 5.74) is 2.17. The van der Waals surface area contributed by atoms with Crippen molar-refractivity contribution in [1.29, 1.82) is 0 Å². The van der Waals surface area contributed by atoms with Gasteiger partial charge in [0, 0.05) is 37.9 Å². The van der Waals surface area contributed by atoms with Crippen molar-refractivity contribution in [2.24, 2.45) is 4.99 Å². The van der Waals surface area contributed by atoms with Gasteiger partial charge in [-0.05, 0) is 43.9 Å². The molecule has 1 saturated heterocycles. The minimum atomic E-state index is -0.230. The van der Waals surface area contributed by atoms with Crippen molar-refractivity contribution in [2.45, 2.75) is 45.8 Å². The van der Waals surface area contributed by atoms with Crippen LogP contribution in [-0.4, -0.2) is 53.8 Å². The van der Waals surface area contributed by atoms with Gasteiger partial charge in [0.15, 0.2) is 5.96 Å². The van der Waals surface area contributed by atoms with Crippen LogP contribution in [0.1, 0.15) is 37.8 Å². The third kappa shape index (κ3) is 8.38. The predicted molar refractivity (Wildman–Crippen MR) is 141 cm³/mol. The summed E-state index contributed by atoms with van der Waals surface area (Å²) in [4.78, 5) is 30.2. The minimum Gasteiger partial charge on any atom is -0.450 e. The minimum absolute atomic E-state index is 0. The number of nitrogens with zero attached hydrogens (tertiary/aromatic N) is 3. The molecule has 0 atom stereocenters. The number of piperidine rings is 1. The van der Waals surface area contributed by atoms with Crippen molar-refractivity contribution < 1.29 is 9.53 Å². The molecule has 180 valence electrons. The summed E-state index contributed by atoms with van der Waals surface area (Å²) in [7, 11) is 0. The zero-order valence-electron chi connectivity index (χ0n) is 19.3. The fourth-order valence-corrected chi connectivity index (χ4v) is 3.64. The molecule has 0 aliphatic carbocycles. The molecule has 0 unspecified atom stereocenters. The van der Waals surface area contributed by atoms with Crippen LogP contribution >= 0.6 is 24.0 Å². The van der Waals surface area contributed by atoms with Gasteiger partial charge in [0.1, 0.15) is 0 Å². The standard InChI is InChI=1S/C24H33N5O3.HI/c1-3-25-23(27-21-12-15-28(16-13-21)24(31)32-4-2)26-17-19-8-10-20(11-9-19)18-29-14-6-5-7-22(29)30;/h5-11,14,21H,3-4,12-13,15-18H2,1-2H3,(H2,25,26,27);1H. The normalized spacial score (nSPS) is 14.4. The number of benzene rings is 1. The van der Waals surface area contributed by atoms with E-state index >= 15 is 0 Å². The van der Waals surface area contributed by atoms with E-state index in [0.717, 1.165) is 36.5 Å². The molecule has 3 rings (SSSR count). The van der Waals surface area contributed by atoms with Crippen molar-refractivity contribution in [2.75, 3.05) is 26.2 Å². The molecule has 9 heteroatoms. The first-order valence-electron chi connectivity index (χ1n) is 11.3. The Balaban J connectivity index is 0.00000385. The van der Waals surface area contributed by atoms with E-state index in [2.05, 4.69) is 10.6 Å². The lowest BCUT2D eigenvalue weighted by atomic mass is 10.1. The molecule has 1 aliphatic rings. The number of halogens is 1. The van der Waals surface area contributed by atoms with Crippen LogP contribution in [-0.2, 0) is 17.8 Å². The maximum absolute atomic E-state index is 11.9. The topological polar surface area (TPSA) is 88.0 Å². The maximum atomic E-state index is 11.9. The summed E-state index contributed by atoms with van der Waals surface area (Å²) in [6, 6.07) is 13.6. The second-order valence-electron chi connectivity index (χ2n) is 7.78. The second kappa shape index (κ2) is 13.9. The van der Waals surface area contributed by atoms with E-state index in [0.29, 0.717) is 32.8 Å². The highest BCUT2D eigenvalue weighted by atomic mass is 127. The van der Waals surface area contributed by atoms with Gasteiger partial charge in [-0.1, -0.05) is 30.3 Å². The Bertz CT molecular complexity index is 953. The number of hydrogen-bond donors (Lipinski definition) is 2. The van der Waals surface area contributed by atoms with Gasteiger partial charge in [-0.25, -0.2) is 9.79 Å². The van der Waals surface area contributed by atoms with Crippen LogP contribution in [0.2, 0.25) is 0 Å². The fourth-order valence-electron chi connectivity index (χ4n) is 3.64. The van der Waals surface area contributed by atoms with Crippen LogP contribution < -0.4 is 16.2 Å². The average molecular weight is 567 g/mol. The van der Waals surface area contributed by atoms with Gasteiger partial charge in [-0.3, -0.25) is 4.79 Å². The van der Waals surface area contributed by atoms with Gasteiger partial charge in [0.05, 0.1) is 19.7 Å². The maximum Gasteiger partial charge on any atom is 0.409 e. The second-order valence-corrected chi connectivity index (χ2v) is 7.78. The summed E-state index contributed by atoms with van der Waals surface area (Å²) in [6.07, 6.45) is 3.28. The quantitative estimate of drug-likeness (QED) is 0.305. The molecule has 8 nitrogen and oxygen atoms in total. The van der Waals surface area contributed by atoms with Crippen molar-refractivity contribution in [3.63, 3.8) is 0 Å². The number of ether oxygens (including phenoxy) is 1. The van der Waals surface area contributed by atoms with E-state index in [1.165, 1.54) is 0 Å². The van der Waals surface area contributed by atoms with Gasteiger partial charge >= 0.3 is 6.09 Å². The van der Waals surface area contributed by atoms with E-state index in [1.54, 1.807) is 27.8 Å². The van der Waals surface area contributed by atoms with Crippen molar-refractivity contribution >= 4 is 36.0 Å². The summed E-state index contributed by atoms with van der Waals surface area (Å²) >= 11 is 0. The summed E-state index contributed by atoms with van der Waals surface area (Å²) < 4.78 is 6.77. The van der Waals surface area contributed by atoms with Crippen molar-refractivity contribution in [3.05, 3.63) is 70.1 Å². The number of carbonyl (C=O) groups excluding carboxylic acids is 1. The van der Waals surface area contributed by atoms with Gasteiger partial charge in [-0.15, -0.1) is 24.0 Å². The number of amides is 1. The SMILES string of the molecule is CCNC(=NCc1ccc(Cn2ccccc2=O)cc1)NC1CCN(C(=O)OCC)CC1.I. The molecule has 1 aromatic heterocycles.